The molecular weight excluding hydrogens is 166 g/mol. The van der Waals surface area contributed by atoms with Gasteiger partial charge >= 0.3 is 51.4 Å². The summed E-state index contributed by atoms with van der Waals surface area (Å²) in [5.74, 6) is -0.218. The fraction of sp³-hybridized carbons (Fsp3) is 0.333. The van der Waals surface area contributed by atoms with Crippen LogP contribution in [0.3, 0.4) is 0 Å². The first-order valence-corrected chi connectivity index (χ1v) is 3.42. The SMILES string of the molecule is CC.Cc1c[c-]cc(F)c1.[K+]. The van der Waals surface area contributed by atoms with Crippen LogP contribution in [0.2, 0.25) is 0 Å². The quantitative estimate of drug-likeness (QED) is 0.386. The molecular formula is C9H12FK. The summed E-state index contributed by atoms with van der Waals surface area (Å²) in [6, 6.07) is 7.17. The first-order valence-electron chi connectivity index (χ1n) is 3.42. The number of rotatable bonds is 0. The molecule has 0 radical (unpaired) electrons. The molecule has 0 aliphatic rings. The van der Waals surface area contributed by atoms with Crippen molar-refractivity contribution in [2.75, 3.05) is 0 Å². The molecule has 1 aromatic carbocycles. The molecule has 0 bridgehead atoms. The van der Waals surface area contributed by atoms with Crippen LogP contribution in [-0.4, -0.2) is 0 Å². The Morgan fingerprint density at radius 3 is 2.09 bits per heavy atom. The predicted molar refractivity (Wildman–Crippen MR) is 41.3 cm³/mol. The number of halogens is 1. The fourth-order valence-corrected chi connectivity index (χ4v) is 0.554. The van der Waals surface area contributed by atoms with Gasteiger partial charge in [0.1, 0.15) is 0 Å². The van der Waals surface area contributed by atoms with Gasteiger partial charge in [-0.15, -0.1) is 12.1 Å². The molecule has 0 heterocycles. The number of hydrogen-bond donors (Lipinski definition) is 0. The normalized spacial score (nSPS) is 7.27. The van der Waals surface area contributed by atoms with Gasteiger partial charge in [-0.2, -0.15) is 17.7 Å². The summed E-state index contributed by atoms with van der Waals surface area (Å²) >= 11 is 0. The maximum atomic E-state index is 12.1. The largest absolute Gasteiger partial charge is 1.00 e. The van der Waals surface area contributed by atoms with Gasteiger partial charge in [-0.1, -0.05) is 20.8 Å². The van der Waals surface area contributed by atoms with Gasteiger partial charge in [-0.3, -0.25) is 4.39 Å². The zero-order chi connectivity index (χ0) is 7.98. The summed E-state index contributed by atoms with van der Waals surface area (Å²) in [5, 5.41) is 0. The minimum Gasteiger partial charge on any atom is -0.284 e. The Labute approximate surface area is 111 Å². The van der Waals surface area contributed by atoms with Crippen LogP contribution in [-0.2, 0) is 0 Å². The number of hydrogen-bond acceptors (Lipinski definition) is 0. The van der Waals surface area contributed by atoms with E-state index in [0.717, 1.165) is 5.56 Å². The third kappa shape index (κ3) is 7.16. The Kier molecular flexibility index (Phi) is 11.6. The van der Waals surface area contributed by atoms with Gasteiger partial charge in [0, 0.05) is 5.82 Å². The Morgan fingerprint density at radius 1 is 1.27 bits per heavy atom. The predicted octanol–water partition coefficient (Wildman–Crippen LogP) is -0.0355. The molecule has 1 rings (SSSR count). The van der Waals surface area contributed by atoms with Gasteiger partial charge in [0.05, 0.1) is 0 Å². The molecule has 0 saturated heterocycles. The smallest absolute Gasteiger partial charge is 0.284 e. The topological polar surface area (TPSA) is 0 Å². The molecule has 1 aromatic rings. The molecule has 0 amide bonds. The summed E-state index contributed by atoms with van der Waals surface area (Å²) in [6.07, 6.45) is 0. The summed E-state index contributed by atoms with van der Waals surface area (Å²) < 4.78 is 12.1. The van der Waals surface area contributed by atoms with Crippen LogP contribution in [0.5, 0.6) is 0 Å². The Hall–Kier alpha value is 0.786. The van der Waals surface area contributed by atoms with E-state index in [0.29, 0.717) is 0 Å². The molecule has 0 atom stereocenters. The van der Waals surface area contributed by atoms with Crippen molar-refractivity contribution in [2.45, 2.75) is 20.8 Å². The van der Waals surface area contributed by atoms with E-state index in [2.05, 4.69) is 6.07 Å². The van der Waals surface area contributed by atoms with E-state index in [-0.39, 0.29) is 57.2 Å². The molecule has 0 nitrogen and oxygen atoms in total. The summed E-state index contributed by atoms with van der Waals surface area (Å²) in [4.78, 5) is 0. The molecule has 0 N–H and O–H groups in total. The molecule has 0 saturated carbocycles. The molecule has 0 fully saturated rings. The first-order chi connectivity index (χ1) is 4.79. The molecule has 0 aliphatic heterocycles. The minimum atomic E-state index is -0.218. The third-order valence-corrected chi connectivity index (χ3v) is 0.898. The van der Waals surface area contributed by atoms with Crippen molar-refractivity contribution in [3.63, 3.8) is 0 Å². The standard InChI is InChI=1S/C7H6F.C2H6.K/c1-6-3-2-4-7(8)5-6;1-2;/h3-5H,1H3;1-2H3;/q-1;;+1. The van der Waals surface area contributed by atoms with Crippen LogP contribution in [0.15, 0.2) is 18.2 Å². The van der Waals surface area contributed by atoms with Gasteiger partial charge in [-0.05, 0) is 0 Å². The Morgan fingerprint density at radius 2 is 1.82 bits per heavy atom. The second-order valence-corrected chi connectivity index (χ2v) is 1.73. The average molecular weight is 178 g/mol. The van der Waals surface area contributed by atoms with Crippen molar-refractivity contribution >= 4 is 0 Å². The zero-order valence-corrected chi connectivity index (χ0v) is 10.7. The molecule has 11 heavy (non-hydrogen) atoms. The first kappa shape index (κ1) is 14.3. The number of benzene rings is 1. The monoisotopic (exact) mass is 178 g/mol. The minimum absolute atomic E-state index is 0. The van der Waals surface area contributed by atoms with Crippen LogP contribution < -0.4 is 51.4 Å². The third-order valence-electron chi connectivity index (χ3n) is 0.898. The van der Waals surface area contributed by atoms with Crippen LogP contribution in [0.4, 0.5) is 4.39 Å². The summed E-state index contributed by atoms with van der Waals surface area (Å²) in [6.45, 7) is 5.83. The molecule has 0 aromatic heterocycles. The fourth-order valence-electron chi connectivity index (χ4n) is 0.554. The van der Waals surface area contributed by atoms with E-state index >= 15 is 0 Å². The van der Waals surface area contributed by atoms with Gasteiger partial charge in [-0.25, -0.2) is 0 Å². The van der Waals surface area contributed by atoms with E-state index in [1.165, 1.54) is 12.1 Å². The summed E-state index contributed by atoms with van der Waals surface area (Å²) in [7, 11) is 0. The molecule has 0 spiro atoms. The van der Waals surface area contributed by atoms with Crippen LogP contribution in [0.25, 0.3) is 0 Å². The van der Waals surface area contributed by atoms with Crippen LogP contribution in [0.1, 0.15) is 19.4 Å². The van der Waals surface area contributed by atoms with E-state index in [1.54, 1.807) is 6.07 Å². The zero-order valence-electron chi connectivity index (χ0n) is 7.61. The maximum absolute atomic E-state index is 12.1. The van der Waals surface area contributed by atoms with E-state index in [1.807, 2.05) is 20.8 Å². The van der Waals surface area contributed by atoms with Gasteiger partial charge in [0.15, 0.2) is 0 Å². The van der Waals surface area contributed by atoms with E-state index in [4.69, 9.17) is 0 Å². The van der Waals surface area contributed by atoms with Crippen molar-refractivity contribution in [2.24, 2.45) is 0 Å². The van der Waals surface area contributed by atoms with E-state index < -0.39 is 0 Å². The van der Waals surface area contributed by atoms with Gasteiger partial charge in [0.25, 0.3) is 0 Å². The van der Waals surface area contributed by atoms with Crippen molar-refractivity contribution in [1.29, 1.82) is 0 Å². The maximum Gasteiger partial charge on any atom is 1.00 e. The van der Waals surface area contributed by atoms with Crippen LogP contribution >= 0.6 is 0 Å². The van der Waals surface area contributed by atoms with Gasteiger partial charge < -0.3 is 0 Å². The van der Waals surface area contributed by atoms with Crippen LogP contribution in [0, 0.1) is 18.8 Å². The van der Waals surface area contributed by atoms with Crippen molar-refractivity contribution in [3.05, 3.63) is 35.6 Å². The van der Waals surface area contributed by atoms with Crippen molar-refractivity contribution in [1.82, 2.24) is 0 Å². The molecule has 2 heteroatoms. The molecule has 0 unspecified atom stereocenters. The van der Waals surface area contributed by atoms with Gasteiger partial charge in [0.2, 0.25) is 0 Å². The average Bonchev–Trinajstić information content (AvgIpc) is 1.91. The Balaban J connectivity index is 0. The molecule has 56 valence electrons. The Bertz CT molecular complexity index is 169. The van der Waals surface area contributed by atoms with Crippen molar-refractivity contribution in [3.8, 4) is 0 Å². The number of aryl methyl sites for hydroxylation is 1. The second-order valence-electron chi connectivity index (χ2n) is 1.73. The summed E-state index contributed by atoms with van der Waals surface area (Å²) in [5.41, 5.74) is 0.907. The second kappa shape index (κ2) is 8.88. The van der Waals surface area contributed by atoms with Crippen molar-refractivity contribution < 1.29 is 55.8 Å². The van der Waals surface area contributed by atoms with E-state index in [9.17, 15) is 4.39 Å². The molecule has 0 aliphatic carbocycles.